The summed E-state index contributed by atoms with van der Waals surface area (Å²) in [7, 11) is 2.22. The Bertz CT molecular complexity index is 157. The van der Waals surface area contributed by atoms with Crippen molar-refractivity contribution in [2.45, 2.75) is 53.5 Å². The summed E-state index contributed by atoms with van der Waals surface area (Å²) in [5.41, 5.74) is 0.411. The van der Waals surface area contributed by atoms with Gasteiger partial charge in [0.05, 0.1) is 0 Å². The van der Waals surface area contributed by atoms with E-state index in [1.54, 1.807) is 0 Å². The maximum Gasteiger partial charge on any atom is 0.00470 e. The van der Waals surface area contributed by atoms with E-state index < -0.39 is 0 Å². The van der Waals surface area contributed by atoms with Crippen LogP contribution in [0.25, 0.3) is 0 Å². The first kappa shape index (κ1) is 14.9. The van der Waals surface area contributed by atoms with E-state index in [9.17, 15) is 0 Å². The van der Waals surface area contributed by atoms with Gasteiger partial charge in [-0.3, -0.25) is 0 Å². The van der Waals surface area contributed by atoms with Crippen molar-refractivity contribution in [3.8, 4) is 0 Å². The van der Waals surface area contributed by atoms with Gasteiger partial charge in [0.2, 0.25) is 0 Å². The van der Waals surface area contributed by atoms with E-state index in [4.69, 9.17) is 0 Å². The first-order chi connectivity index (χ1) is 6.95. The minimum atomic E-state index is 0.411. The van der Waals surface area contributed by atoms with Gasteiger partial charge in [0.25, 0.3) is 0 Å². The molecule has 2 heteroatoms. The molecule has 0 saturated heterocycles. The van der Waals surface area contributed by atoms with Gasteiger partial charge < -0.3 is 10.2 Å². The van der Waals surface area contributed by atoms with Crippen LogP contribution in [0.15, 0.2) is 0 Å². The zero-order valence-corrected chi connectivity index (χ0v) is 11.6. The van der Waals surface area contributed by atoms with Crippen molar-refractivity contribution >= 4 is 0 Å². The number of nitrogens with zero attached hydrogens (tertiary/aromatic N) is 1. The van der Waals surface area contributed by atoms with Crippen LogP contribution in [0.2, 0.25) is 0 Å². The van der Waals surface area contributed by atoms with E-state index in [2.05, 4.69) is 51.9 Å². The van der Waals surface area contributed by atoms with Crippen LogP contribution in [-0.2, 0) is 0 Å². The molecule has 0 bridgehead atoms. The van der Waals surface area contributed by atoms with Crippen LogP contribution in [0, 0.1) is 5.41 Å². The molecule has 0 amide bonds. The zero-order chi connectivity index (χ0) is 11.9. The molecule has 0 heterocycles. The van der Waals surface area contributed by atoms with Crippen LogP contribution in [0.5, 0.6) is 0 Å². The van der Waals surface area contributed by atoms with Crippen molar-refractivity contribution in [1.29, 1.82) is 0 Å². The summed E-state index contributed by atoms with van der Waals surface area (Å²) >= 11 is 0. The molecule has 0 rings (SSSR count). The third-order valence-corrected chi connectivity index (χ3v) is 3.34. The molecule has 1 unspecified atom stereocenters. The topological polar surface area (TPSA) is 15.3 Å². The molecule has 0 aromatic heterocycles. The molecule has 0 aliphatic carbocycles. The highest BCUT2D eigenvalue weighted by atomic mass is 15.1. The van der Waals surface area contributed by atoms with Gasteiger partial charge in [-0.2, -0.15) is 0 Å². The maximum atomic E-state index is 3.54. The van der Waals surface area contributed by atoms with Crippen molar-refractivity contribution in [3.63, 3.8) is 0 Å². The third-order valence-electron chi connectivity index (χ3n) is 3.34. The summed E-state index contributed by atoms with van der Waals surface area (Å²) in [4.78, 5) is 2.44. The van der Waals surface area contributed by atoms with Crippen molar-refractivity contribution in [2.24, 2.45) is 5.41 Å². The molecular formula is C13H30N2. The van der Waals surface area contributed by atoms with E-state index >= 15 is 0 Å². The Morgan fingerprint density at radius 3 is 2.27 bits per heavy atom. The SMILES string of the molecule is CCCNCC(C)(CC)CN(C)C(C)C. The molecule has 0 aromatic carbocycles. The van der Waals surface area contributed by atoms with Crippen LogP contribution in [0.4, 0.5) is 0 Å². The second-order valence-electron chi connectivity index (χ2n) is 5.35. The first-order valence-electron chi connectivity index (χ1n) is 6.36. The van der Waals surface area contributed by atoms with Crippen molar-refractivity contribution in [1.82, 2.24) is 10.2 Å². The quantitative estimate of drug-likeness (QED) is 0.625. The lowest BCUT2D eigenvalue weighted by atomic mass is 9.86. The van der Waals surface area contributed by atoms with Gasteiger partial charge in [0, 0.05) is 19.1 Å². The molecule has 15 heavy (non-hydrogen) atoms. The monoisotopic (exact) mass is 214 g/mol. The molecule has 0 radical (unpaired) electrons. The lowest BCUT2D eigenvalue weighted by molar-refractivity contribution is 0.154. The Morgan fingerprint density at radius 2 is 1.87 bits per heavy atom. The Balaban J connectivity index is 4.05. The van der Waals surface area contributed by atoms with Crippen LogP contribution < -0.4 is 5.32 Å². The standard InChI is InChI=1S/C13H30N2/c1-7-9-14-10-13(5,8-2)11-15(6)12(3)4/h12,14H,7-11H2,1-6H3. The number of hydrogen-bond acceptors (Lipinski definition) is 2. The molecule has 92 valence electrons. The second kappa shape index (κ2) is 7.24. The zero-order valence-electron chi connectivity index (χ0n) is 11.6. The smallest absolute Gasteiger partial charge is 0.00470 e. The average molecular weight is 214 g/mol. The minimum Gasteiger partial charge on any atom is -0.316 e. The van der Waals surface area contributed by atoms with E-state index in [-0.39, 0.29) is 0 Å². The minimum absolute atomic E-state index is 0.411. The van der Waals surface area contributed by atoms with E-state index in [1.165, 1.54) is 19.4 Å². The van der Waals surface area contributed by atoms with Gasteiger partial charge in [-0.05, 0) is 45.7 Å². The van der Waals surface area contributed by atoms with Crippen LogP contribution in [0.3, 0.4) is 0 Å². The maximum absolute atomic E-state index is 3.54. The summed E-state index contributed by atoms with van der Waals surface area (Å²) in [6.45, 7) is 14.9. The lowest BCUT2D eigenvalue weighted by Crippen LogP contribution is -2.43. The van der Waals surface area contributed by atoms with Gasteiger partial charge in [-0.15, -0.1) is 0 Å². The summed E-state index contributed by atoms with van der Waals surface area (Å²) in [6.07, 6.45) is 2.46. The van der Waals surface area contributed by atoms with Crippen molar-refractivity contribution in [2.75, 3.05) is 26.7 Å². The third kappa shape index (κ3) is 6.16. The molecule has 1 atom stereocenters. The predicted octanol–water partition coefficient (Wildman–Crippen LogP) is 2.74. The Hall–Kier alpha value is -0.0800. The van der Waals surface area contributed by atoms with Gasteiger partial charge in [-0.25, -0.2) is 0 Å². The Morgan fingerprint density at radius 1 is 1.27 bits per heavy atom. The van der Waals surface area contributed by atoms with E-state index in [0.29, 0.717) is 11.5 Å². The lowest BCUT2D eigenvalue weighted by Gasteiger charge is -2.35. The summed E-state index contributed by atoms with van der Waals surface area (Å²) in [6, 6.07) is 0.641. The first-order valence-corrected chi connectivity index (χ1v) is 6.36. The molecular weight excluding hydrogens is 184 g/mol. The normalized spacial score (nSPS) is 16.0. The van der Waals surface area contributed by atoms with Crippen molar-refractivity contribution in [3.05, 3.63) is 0 Å². The van der Waals surface area contributed by atoms with Crippen molar-refractivity contribution < 1.29 is 0 Å². The fraction of sp³-hybridized carbons (Fsp3) is 1.00. The number of rotatable bonds is 8. The summed E-state index contributed by atoms with van der Waals surface area (Å²) in [5, 5.41) is 3.54. The molecule has 0 saturated carbocycles. The summed E-state index contributed by atoms with van der Waals surface area (Å²) in [5.74, 6) is 0. The highest BCUT2D eigenvalue weighted by molar-refractivity contribution is 4.79. The number of hydrogen-bond donors (Lipinski definition) is 1. The predicted molar refractivity (Wildman–Crippen MR) is 69.3 cm³/mol. The van der Waals surface area contributed by atoms with E-state index in [1.807, 2.05) is 0 Å². The molecule has 1 N–H and O–H groups in total. The Labute approximate surface area is 96.4 Å². The average Bonchev–Trinajstić information content (AvgIpc) is 2.18. The van der Waals surface area contributed by atoms with Crippen LogP contribution in [0.1, 0.15) is 47.5 Å². The van der Waals surface area contributed by atoms with Gasteiger partial charge in [-0.1, -0.05) is 20.8 Å². The molecule has 0 aromatic rings. The molecule has 2 nitrogen and oxygen atoms in total. The van der Waals surface area contributed by atoms with Crippen LogP contribution in [-0.4, -0.2) is 37.6 Å². The highest BCUT2D eigenvalue weighted by Gasteiger charge is 2.24. The molecule has 0 aliphatic rings. The van der Waals surface area contributed by atoms with Gasteiger partial charge in [0.15, 0.2) is 0 Å². The van der Waals surface area contributed by atoms with Crippen LogP contribution >= 0.6 is 0 Å². The molecule has 0 fully saturated rings. The van der Waals surface area contributed by atoms with Gasteiger partial charge in [0.1, 0.15) is 0 Å². The Kier molecular flexibility index (Phi) is 7.20. The fourth-order valence-electron chi connectivity index (χ4n) is 1.64. The summed E-state index contributed by atoms with van der Waals surface area (Å²) < 4.78 is 0. The highest BCUT2D eigenvalue weighted by Crippen LogP contribution is 2.21. The van der Waals surface area contributed by atoms with Gasteiger partial charge >= 0.3 is 0 Å². The number of nitrogens with one attached hydrogen (secondary N) is 1. The fourth-order valence-corrected chi connectivity index (χ4v) is 1.64. The largest absolute Gasteiger partial charge is 0.316 e. The van der Waals surface area contributed by atoms with E-state index in [0.717, 1.165) is 13.1 Å². The molecule has 0 aliphatic heterocycles. The molecule has 0 spiro atoms. The second-order valence-corrected chi connectivity index (χ2v) is 5.35.